The summed E-state index contributed by atoms with van der Waals surface area (Å²) in [5, 5.41) is 8.39. The van der Waals surface area contributed by atoms with E-state index in [2.05, 4.69) is 15.4 Å². The van der Waals surface area contributed by atoms with Gasteiger partial charge in [0.05, 0.1) is 25.2 Å². The number of amides is 2. The van der Waals surface area contributed by atoms with Gasteiger partial charge in [0, 0.05) is 17.1 Å². The molecule has 1 N–H and O–H groups in total. The Hall–Kier alpha value is -3.06. The van der Waals surface area contributed by atoms with Gasteiger partial charge in [-0.2, -0.15) is 5.10 Å². The molecule has 1 fully saturated rings. The molecule has 3 aromatic rings. The van der Waals surface area contributed by atoms with Crippen LogP contribution >= 0.6 is 11.6 Å². The number of nitrogens with zero attached hydrogens (tertiary/aromatic N) is 4. The molecule has 0 bridgehead atoms. The van der Waals surface area contributed by atoms with Crippen LogP contribution in [0.3, 0.4) is 0 Å². The van der Waals surface area contributed by atoms with Crippen LogP contribution < -0.4 is 10.1 Å². The van der Waals surface area contributed by atoms with Gasteiger partial charge >= 0.3 is 6.03 Å². The number of para-hydroxylation sites is 1. The van der Waals surface area contributed by atoms with Gasteiger partial charge in [0.1, 0.15) is 17.9 Å². The van der Waals surface area contributed by atoms with Crippen LogP contribution in [0.5, 0.6) is 5.75 Å². The summed E-state index contributed by atoms with van der Waals surface area (Å²) in [5.74, 6) is 1.67. The van der Waals surface area contributed by atoms with Crippen molar-refractivity contribution in [2.24, 2.45) is 0 Å². The highest BCUT2D eigenvalue weighted by molar-refractivity contribution is 6.30. The van der Waals surface area contributed by atoms with Crippen molar-refractivity contribution in [1.29, 1.82) is 0 Å². The molecule has 32 heavy (non-hydrogen) atoms. The van der Waals surface area contributed by atoms with Crippen molar-refractivity contribution in [1.82, 2.24) is 25.0 Å². The van der Waals surface area contributed by atoms with E-state index in [1.165, 1.54) is 0 Å². The highest BCUT2D eigenvalue weighted by Gasteiger charge is 2.34. The number of fused-ring (bicyclic) bond motifs is 1. The molecule has 2 aliphatic heterocycles. The molecule has 2 atom stereocenters. The fourth-order valence-electron chi connectivity index (χ4n) is 4.60. The second-order valence-corrected chi connectivity index (χ2v) is 8.72. The number of likely N-dealkylation sites (tertiary alicyclic amines) is 1. The minimum absolute atomic E-state index is 0.0600. The van der Waals surface area contributed by atoms with Crippen LogP contribution in [0.25, 0.3) is 0 Å². The van der Waals surface area contributed by atoms with Crippen LogP contribution in [0.4, 0.5) is 4.79 Å². The molecule has 1 saturated heterocycles. The number of carbonyl (C=O) groups is 1. The molecule has 0 saturated carbocycles. The van der Waals surface area contributed by atoms with Gasteiger partial charge in [0.15, 0.2) is 0 Å². The highest BCUT2D eigenvalue weighted by Crippen LogP contribution is 2.34. The molecule has 1 aromatic heterocycles. The maximum absolute atomic E-state index is 13.4. The van der Waals surface area contributed by atoms with Crippen molar-refractivity contribution in [2.45, 2.75) is 44.3 Å². The van der Waals surface area contributed by atoms with Gasteiger partial charge in [-0.25, -0.2) is 14.5 Å². The zero-order valence-corrected chi connectivity index (χ0v) is 18.5. The first-order chi connectivity index (χ1) is 15.7. The smallest absolute Gasteiger partial charge is 0.318 e. The summed E-state index contributed by atoms with van der Waals surface area (Å²) >= 11 is 6.01. The van der Waals surface area contributed by atoms with Gasteiger partial charge in [-0.05, 0) is 49.4 Å². The maximum Gasteiger partial charge on any atom is 0.318 e. The highest BCUT2D eigenvalue weighted by atomic mass is 35.5. The molecule has 0 aliphatic carbocycles. The van der Waals surface area contributed by atoms with Crippen LogP contribution in [0.15, 0.2) is 54.9 Å². The monoisotopic (exact) mass is 451 g/mol. The van der Waals surface area contributed by atoms with Crippen LogP contribution in [0.2, 0.25) is 5.02 Å². The lowest BCUT2D eigenvalue weighted by molar-refractivity contribution is 0.185. The second-order valence-electron chi connectivity index (χ2n) is 8.28. The zero-order chi connectivity index (χ0) is 21.9. The number of aromatic nitrogens is 3. The van der Waals surface area contributed by atoms with E-state index in [9.17, 15) is 4.79 Å². The minimum atomic E-state index is -0.0953. The van der Waals surface area contributed by atoms with Crippen LogP contribution in [-0.2, 0) is 6.54 Å². The van der Waals surface area contributed by atoms with Crippen molar-refractivity contribution >= 4 is 17.6 Å². The molecular weight excluding hydrogens is 426 g/mol. The van der Waals surface area contributed by atoms with E-state index >= 15 is 0 Å². The standard InChI is InChI=1S/C24H26ClN5O2/c25-18-11-9-17(10-12-18)15-30-23(26-16-27-30)21-7-3-13-29(21)24(31)28-20-6-4-14-32-22-8-2-1-5-19(20)22/h1-2,5,8-12,16,20-21H,3-4,6-7,13-15H2,(H,28,31). The fraction of sp³-hybridized carbons (Fsp3) is 0.375. The van der Waals surface area contributed by atoms with Gasteiger partial charge in [-0.3, -0.25) is 0 Å². The molecule has 5 rings (SSSR count). The summed E-state index contributed by atoms with van der Waals surface area (Å²) in [7, 11) is 0. The third-order valence-corrected chi connectivity index (χ3v) is 6.44. The number of carbonyl (C=O) groups excluding carboxylic acids is 1. The van der Waals surface area contributed by atoms with Crippen LogP contribution in [0.1, 0.15) is 54.7 Å². The number of ether oxygens (including phenoxy) is 1. The molecule has 0 radical (unpaired) electrons. The average Bonchev–Trinajstić information content (AvgIpc) is 3.42. The quantitative estimate of drug-likeness (QED) is 0.621. The van der Waals surface area contributed by atoms with E-state index in [4.69, 9.17) is 16.3 Å². The summed E-state index contributed by atoms with van der Waals surface area (Å²) in [6.07, 6.45) is 5.14. The molecule has 7 nitrogen and oxygen atoms in total. The van der Waals surface area contributed by atoms with Gasteiger partial charge < -0.3 is 15.0 Å². The van der Waals surface area contributed by atoms with E-state index in [0.717, 1.165) is 48.4 Å². The Morgan fingerprint density at radius 2 is 1.97 bits per heavy atom. The third kappa shape index (κ3) is 4.30. The summed E-state index contributed by atoms with van der Waals surface area (Å²) in [5.41, 5.74) is 2.13. The summed E-state index contributed by atoms with van der Waals surface area (Å²) in [6, 6.07) is 15.5. The number of benzene rings is 2. The average molecular weight is 452 g/mol. The molecule has 2 aliphatic rings. The van der Waals surface area contributed by atoms with Crippen molar-refractivity contribution < 1.29 is 9.53 Å². The van der Waals surface area contributed by atoms with Crippen molar-refractivity contribution in [3.05, 3.63) is 76.8 Å². The lowest BCUT2D eigenvalue weighted by atomic mass is 10.0. The molecule has 3 heterocycles. The zero-order valence-electron chi connectivity index (χ0n) is 17.8. The maximum atomic E-state index is 13.4. The fourth-order valence-corrected chi connectivity index (χ4v) is 4.73. The summed E-state index contributed by atoms with van der Waals surface area (Å²) < 4.78 is 7.73. The van der Waals surface area contributed by atoms with Crippen molar-refractivity contribution in [3.63, 3.8) is 0 Å². The topological polar surface area (TPSA) is 72.3 Å². The number of halogens is 1. The number of urea groups is 1. The Morgan fingerprint density at radius 3 is 2.84 bits per heavy atom. The summed E-state index contributed by atoms with van der Waals surface area (Å²) in [6.45, 7) is 1.96. The van der Waals surface area contributed by atoms with E-state index < -0.39 is 0 Å². The van der Waals surface area contributed by atoms with E-state index in [-0.39, 0.29) is 18.1 Å². The van der Waals surface area contributed by atoms with E-state index in [1.54, 1.807) is 6.33 Å². The van der Waals surface area contributed by atoms with Crippen molar-refractivity contribution in [3.8, 4) is 5.75 Å². The molecule has 2 unspecified atom stereocenters. The summed E-state index contributed by atoms with van der Waals surface area (Å²) in [4.78, 5) is 19.8. The first kappa shape index (κ1) is 20.8. The lowest BCUT2D eigenvalue weighted by Crippen LogP contribution is -2.41. The Bertz CT molecular complexity index is 1080. The van der Waals surface area contributed by atoms with Crippen molar-refractivity contribution in [2.75, 3.05) is 13.2 Å². The Morgan fingerprint density at radius 1 is 1.12 bits per heavy atom. The Labute approximate surface area is 192 Å². The predicted molar refractivity (Wildman–Crippen MR) is 122 cm³/mol. The van der Waals surface area contributed by atoms with Gasteiger partial charge in [0.25, 0.3) is 0 Å². The van der Waals surface area contributed by atoms with Gasteiger partial charge in [0.2, 0.25) is 0 Å². The Balaban J connectivity index is 1.33. The SMILES string of the molecule is O=C(NC1CCCOc2ccccc21)N1CCCC1c1ncnn1Cc1ccc(Cl)cc1. The molecule has 0 spiro atoms. The molecule has 166 valence electrons. The first-order valence-corrected chi connectivity index (χ1v) is 11.5. The predicted octanol–water partition coefficient (Wildman–Crippen LogP) is 4.74. The van der Waals surface area contributed by atoms with Gasteiger partial charge in [-0.15, -0.1) is 0 Å². The molecular formula is C24H26ClN5O2. The minimum Gasteiger partial charge on any atom is -0.493 e. The second kappa shape index (κ2) is 9.20. The third-order valence-electron chi connectivity index (χ3n) is 6.19. The number of hydrogen-bond donors (Lipinski definition) is 1. The molecule has 2 amide bonds. The lowest BCUT2D eigenvalue weighted by Gasteiger charge is -2.27. The first-order valence-electron chi connectivity index (χ1n) is 11.1. The number of hydrogen-bond acceptors (Lipinski definition) is 4. The van der Waals surface area contributed by atoms with Crippen LogP contribution in [-0.4, -0.2) is 38.8 Å². The number of nitrogens with one attached hydrogen (secondary N) is 1. The van der Waals surface area contributed by atoms with E-state index in [1.807, 2.05) is 58.1 Å². The van der Waals surface area contributed by atoms with E-state index in [0.29, 0.717) is 24.7 Å². The largest absolute Gasteiger partial charge is 0.493 e. The van der Waals surface area contributed by atoms with Crippen LogP contribution in [0, 0.1) is 0 Å². The molecule has 2 aromatic carbocycles. The Kier molecular flexibility index (Phi) is 5.99. The normalized spacial score (nSPS) is 20.3. The number of rotatable bonds is 4. The van der Waals surface area contributed by atoms with Gasteiger partial charge in [-0.1, -0.05) is 41.9 Å². The molecule has 8 heteroatoms.